The van der Waals surface area contributed by atoms with Gasteiger partial charge in [0.1, 0.15) is 17.7 Å². The Morgan fingerprint density at radius 2 is 1.87 bits per heavy atom. The van der Waals surface area contributed by atoms with Crippen LogP contribution in [-0.2, 0) is 28.8 Å². The number of alkyl carbamates (subject to hydrolysis) is 1. The average molecular weight is 672 g/mol. The van der Waals surface area contributed by atoms with Gasteiger partial charge in [0.25, 0.3) is 5.91 Å². The molecule has 4 atom stereocenters. The molecule has 3 fully saturated rings. The maximum absolute atomic E-state index is 14.4. The van der Waals surface area contributed by atoms with Gasteiger partial charge in [0.05, 0.1) is 24.9 Å². The normalized spacial score (nSPS) is 23.6. The molecule has 4 aliphatic rings. The maximum Gasteiger partial charge on any atom is 0.407 e. The van der Waals surface area contributed by atoms with Crippen molar-refractivity contribution in [2.75, 3.05) is 13.2 Å². The zero-order valence-electron chi connectivity index (χ0n) is 27.5. The van der Waals surface area contributed by atoms with Gasteiger partial charge in [0, 0.05) is 23.0 Å². The summed E-state index contributed by atoms with van der Waals surface area (Å²) in [6, 6.07) is 4.01. The van der Waals surface area contributed by atoms with E-state index in [2.05, 4.69) is 21.4 Å². The lowest BCUT2D eigenvalue weighted by Gasteiger charge is -2.35. The van der Waals surface area contributed by atoms with Crippen molar-refractivity contribution in [3.8, 4) is 0 Å². The van der Waals surface area contributed by atoms with Crippen LogP contribution in [0.15, 0.2) is 30.3 Å². The van der Waals surface area contributed by atoms with E-state index in [4.69, 9.17) is 21.2 Å². The molecular weight excluding hydrogens is 626 g/mol. The third kappa shape index (κ3) is 8.45. The first-order valence-corrected chi connectivity index (χ1v) is 17.0. The molecule has 1 saturated heterocycles. The molecule has 2 aliphatic heterocycles. The lowest BCUT2D eigenvalue weighted by molar-refractivity contribution is -0.144. The molecule has 2 aliphatic carbocycles. The van der Waals surface area contributed by atoms with E-state index < -0.39 is 58.7 Å². The smallest absolute Gasteiger partial charge is 0.407 e. The number of hydrogen-bond acceptors (Lipinski definition) is 8. The molecule has 1 spiro atoms. The van der Waals surface area contributed by atoms with Gasteiger partial charge in [-0.15, -0.1) is 0 Å². The van der Waals surface area contributed by atoms with Gasteiger partial charge in [-0.1, -0.05) is 64.3 Å². The number of amides is 4. The molecule has 256 valence electrons. The molecule has 2 saturated carbocycles. The first-order valence-electron chi connectivity index (χ1n) is 16.6. The second kappa shape index (κ2) is 14.2. The highest BCUT2D eigenvalue weighted by molar-refractivity contribution is 6.38. The average Bonchev–Trinajstić information content (AvgIpc) is 3.58. The number of halogens is 1. The summed E-state index contributed by atoms with van der Waals surface area (Å²) in [6.07, 6.45) is 6.75. The lowest BCUT2D eigenvalue weighted by atomic mass is 9.85. The second-order valence-corrected chi connectivity index (χ2v) is 14.8. The number of benzene rings is 1. The van der Waals surface area contributed by atoms with Crippen LogP contribution in [0.5, 0.6) is 0 Å². The Kier molecular flexibility index (Phi) is 10.5. The van der Waals surface area contributed by atoms with E-state index in [1.807, 2.05) is 39.8 Å². The van der Waals surface area contributed by atoms with Crippen molar-refractivity contribution in [1.82, 2.24) is 26.3 Å². The maximum atomic E-state index is 14.4. The van der Waals surface area contributed by atoms with Gasteiger partial charge in [-0.3, -0.25) is 29.5 Å². The number of hydroxylamine groups is 1. The minimum atomic E-state index is -1.10. The summed E-state index contributed by atoms with van der Waals surface area (Å²) in [5, 5.41) is 8.76. The van der Waals surface area contributed by atoms with E-state index in [0.717, 1.165) is 37.7 Å². The van der Waals surface area contributed by atoms with Crippen molar-refractivity contribution >= 4 is 46.9 Å². The van der Waals surface area contributed by atoms with Gasteiger partial charge >= 0.3 is 6.09 Å². The summed E-state index contributed by atoms with van der Waals surface area (Å²) < 4.78 is 5.45. The summed E-state index contributed by atoms with van der Waals surface area (Å²) >= 11 is 6.22. The molecule has 12 nitrogen and oxygen atoms in total. The van der Waals surface area contributed by atoms with Gasteiger partial charge in [-0.2, -0.15) is 0 Å². The lowest BCUT2D eigenvalue weighted by Crippen LogP contribution is -2.59. The van der Waals surface area contributed by atoms with Gasteiger partial charge in [0.15, 0.2) is 0 Å². The SMILES string of the molecule is CCC[C@H](NC(=O)[C@@H]1C[C@]2(C=C(c3cccc(Cl)c3)NO2)CN1C(=O)[C@@H](NC(=O)OCC1CCC1)C(C)(C)C)C(=O)C(=O)NC1CC1. The molecule has 0 unspecified atom stereocenters. The van der Waals surface area contributed by atoms with Crippen molar-refractivity contribution < 1.29 is 33.5 Å². The van der Waals surface area contributed by atoms with E-state index in [-0.39, 0.29) is 32.0 Å². The first kappa shape index (κ1) is 34.7. The largest absolute Gasteiger partial charge is 0.449 e. The summed E-state index contributed by atoms with van der Waals surface area (Å²) in [5.74, 6) is -2.20. The zero-order chi connectivity index (χ0) is 33.9. The van der Waals surface area contributed by atoms with Gasteiger partial charge < -0.3 is 25.6 Å². The van der Waals surface area contributed by atoms with Crippen LogP contribution in [0.1, 0.15) is 84.6 Å². The van der Waals surface area contributed by atoms with E-state index in [9.17, 15) is 24.0 Å². The van der Waals surface area contributed by atoms with Crippen molar-refractivity contribution in [3.05, 3.63) is 40.9 Å². The Balaban J connectivity index is 1.40. The third-order valence-corrected chi connectivity index (χ3v) is 9.48. The highest BCUT2D eigenvalue weighted by Crippen LogP contribution is 2.39. The number of rotatable bonds is 12. The number of ether oxygens (including phenoxy) is 1. The number of likely N-dealkylation sites (tertiary alicyclic amines) is 1. The Hall–Kier alpha value is -3.64. The van der Waals surface area contributed by atoms with Crippen LogP contribution in [0.4, 0.5) is 4.79 Å². The molecule has 0 bridgehead atoms. The molecule has 5 rings (SSSR count). The van der Waals surface area contributed by atoms with Crippen LogP contribution in [0, 0.1) is 11.3 Å². The molecule has 47 heavy (non-hydrogen) atoms. The Labute approximate surface area is 280 Å². The molecule has 2 heterocycles. The number of nitrogens with zero attached hydrogens (tertiary/aromatic N) is 1. The summed E-state index contributed by atoms with van der Waals surface area (Å²) in [4.78, 5) is 74.5. The Morgan fingerprint density at radius 3 is 2.49 bits per heavy atom. The van der Waals surface area contributed by atoms with Crippen LogP contribution in [0.3, 0.4) is 0 Å². The fourth-order valence-electron chi connectivity index (χ4n) is 6.12. The van der Waals surface area contributed by atoms with Crippen LogP contribution >= 0.6 is 11.6 Å². The molecule has 1 aromatic carbocycles. The Morgan fingerprint density at radius 1 is 1.13 bits per heavy atom. The molecule has 0 aromatic heterocycles. The van der Waals surface area contributed by atoms with Gasteiger partial charge in [-0.25, -0.2) is 4.79 Å². The highest BCUT2D eigenvalue weighted by Gasteiger charge is 2.54. The highest BCUT2D eigenvalue weighted by atomic mass is 35.5. The molecular formula is C34H46ClN5O7. The number of hydrogen-bond donors (Lipinski definition) is 4. The summed E-state index contributed by atoms with van der Waals surface area (Å²) in [7, 11) is 0. The number of ketones is 1. The van der Waals surface area contributed by atoms with Crippen molar-refractivity contribution in [3.63, 3.8) is 0 Å². The molecule has 4 amide bonds. The van der Waals surface area contributed by atoms with Crippen molar-refractivity contribution in [1.29, 1.82) is 0 Å². The van der Waals surface area contributed by atoms with Gasteiger partial charge in [0.2, 0.25) is 17.6 Å². The standard InChI is InChI=1S/C34H46ClN5O7/c1-5-8-24(27(41)30(43)36-23-13-14-23)37-29(42)26-17-34(16-25(39-47-34)21-11-7-12-22(35)15-21)19-40(26)31(44)28(33(2,3)4)38-32(45)46-18-20-9-6-10-20/h7,11-12,15-16,20,23-24,26,28,39H,5-6,8-10,13-14,17-19H2,1-4H3,(H,36,43)(H,37,42)(H,38,45)/t24-,26-,28+,34+/m0/s1. The third-order valence-electron chi connectivity index (χ3n) is 9.24. The quantitative estimate of drug-likeness (QED) is 0.246. The summed E-state index contributed by atoms with van der Waals surface area (Å²) in [5.41, 5.74) is 2.48. The van der Waals surface area contributed by atoms with E-state index in [1.54, 1.807) is 18.2 Å². The van der Waals surface area contributed by atoms with E-state index >= 15 is 0 Å². The van der Waals surface area contributed by atoms with E-state index in [0.29, 0.717) is 23.1 Å². The van der Waals surface area contributed by atoms with Crippen LogP contribution in [0.25, 0.3) is 5.70 Å². The first-order chi connectivity index (χ1) is 22.3. The predicted octanol–water partition coefficient (Wildman–Crippen LogP) is 3.63. The fraction of sp³-hybridized carbons (Fsp3) is 0.618. The van der Waals surface area contributed by atoms with Crippen molar-refractivity contribution in [2.45, 2.75) is 109 Å². The molecule has 1 aromatic rings. The molecule has 4 N–H and O–H groups in total. The van der Waals surface area contributed by atoms with Gasteiger partial charge in [-0.05, 0) is 61.6 Å². The van der Waals surface area contributed by atoms with Crippen molar-refractivity contribution in [2.24, 2.45) is 11.3 Å². The molecule has 0 radical (unpaired) electrons. The van der Waals surface area contributed by atoms with E-state index in [1.165, 1.54) is 4.90 Å². The Bertz CT molecular complexity index is 1420. The van der Waals surface area contributed by atoms with Crippen LogP contribution in [0.2, 0.25) is 5.02 Å². The fourth-order valence-corrected chi connectivity index (χ4v) is 6.31. The zero-order valence-corrected chi connectivity index (χ0v) is 28.3. The molecule has 13 heteroatoms. The second-order valence-electron chi connectivity index (χ2n) is 14.3. The minimum absolute atomic E-state index is 0.0121. The number of carbonyl (C=O) groups is 5. The predicted molar refractivity (Wildman–Crippen MR) is 175 cm³/mol. The minimum Gasteiger partial charge on any atom is -0.449 e. The van der Waals surface area contributed by atoms with Crippen LogP contribution in [-0.4, -0.2) is 77.4 Å². The van der Waals surface area contributed by atoms with Crippen LogP contribution < -0.4 is 21.4 Å². The number of Topliss-reactive ketones (excluding diaryl/α,β-unsaturated/α-hetero) is 1. The summed E-state index contributed by atoms with van der Waals surface area (Å²) in [6.45, 7) is 7.59. The monoisotopic (exact) mass is 671 g/mol. The number of carbonyl (C=O) groups excluding carboxylic acids is 5. The topological polar surface area (TPSA) is 155 Å². The number of nitrogens with one attached hydrogen (secondary N) is 4.